The van der Waals surface area contributed by atoms with E-state index in [2.05, 4.69) is 37.4 Å². The molecule has 9 nitrogen and oxygen atoms in total. The molecule has 0 aliphatic carbocycles. The molecule has 0 aromatic rings. The summed E-state index contributed by atoms with van der Waals surface area (Å²) in [7, 11) is 1.15. The van der Waals surface area contributed by atoms with E-state index in [1.165, 1.54) is 57.8 Å². The number of amides is 1. The highest BCUT2D eigenvalue weighted by Gasteiger charge is 2.23. The predicted molar refractivity (Wildman–Crippen MR) is 216 cm³/mol. The number of unbranched alkanes of at least 4 members (excludes halogenated alkanes) is 11. The molecule has 0 radical (unpaired) electrons. The fourth-order valence-corrected chi connectivity index (χ4v) is 5.67. The normalized spacial score (nSPS) is 15.9. The summed E-state index contributed by atoms with van der Waals surface area (Å²) >= 11 is 0. The van der Waals surface area contributed by atoms with Crippen LogP contribution in [0.3, 0.4) is 0 Å². The molecule has 0 spiro atoms. The van der Waals surface area contributed by atoms with Crippen molar-refractivity contribution in [1.82, 2.24) is 5.32 Å². The molecule has 0 aromatic heterocycles. The molecule has 0 aliphatic rings. The molecular weight excluding hydrogens is 675 g/mol. The second-order valence-electron chi connectivity index (χ2n) is 14.5. The van der Waals surface area contributed by atoms with Crippen molar-refractivity contribution in [3.8, 4) is 0 Å². The average Bonchev–Trinajstić information content (AvgIpc) is 3.08. The summed E-state index contributed by atoms with van der Waals surface area (Å²) in [4.78, 5) is 25.2. The fourth-order valence-electron chi connectivity index (χ4n) is 4.94. The van der Waals surface area contributed by atoms with Crippen LogP contribution in [0.5, 0.6) is 0 Å². The molecule has 3 N–H and O–H groups in total. The number of carbonyl (C=O) groups is 1. The van der Waals surface area contributed by atoms with E-state index in [1.807, 2.05) is 63.7 Å². The third-order valence-corrected chi connectivity index (χ3v) is 9.18. The Balaban J connectivity index is 4.73. The standard InChI is InChI=1S/C42H75N2O7P/c1-6-8-10-12-14-15-16-17-18-22-26-30-34-41(46)40(38-51-52(48,49)50-37-36-44(3,4)5)43-42(47)35-31-27-23-19-21-25-29-33-39(45)32-28-24-20-13-11-9-7-2/h17-20,23-25,28-30,32,34,39-41,45-46H,6-16,21-22,26-27,31,33,35-38H2,1-5H3,(H-,43,47,48,49)/b18-17-,23-19+,24-20-,29-25-,32-28-,34-30+/t39-,40-,41+/m0/s1. The number of phosphoric acid groups is 1. The van der Waals surface area contributed by atoms with Gasteiger partial charge in [0.1, 0.15) is 13.2 Å². The lowest BCUT2D eigenvalue weighted by molar-refractivity contribution is -0.870. The molecule has 0 bridgehead atoms. The van der Waals surface area contributed by atoms with Crippen LogP contribution in [0.4, 0.5) is 0 Å². The average molecular weight is 751 g/mol. The van der Waals surface area contributed by atoms with Crippen LogP contribution in [0.1, 0.15) is 129 Å². The minimum atomic E-state index is -4.62. The maximum absolute atomic E-state index is 12.8. The monoisotopic (exact) mass is 751 g/mol. The first-order chi connectivity index (χ1) is 24.9. The van der Waals surface area contributed by atoms with Crippen LogP contribution in [-0.2, 0) is 18.4 Å². The number of hydrogen-bond donors (Lipinski definition) is 3. The Kier molecular flexibility index (Phi) is 32.1. The molecule has 0 rings (SSSR count). The quantitative estimate of drug-likeness (QED) is 0.0197. The van der Waals surface area contributed by atoms with Crippen molar-refractivity contribution in [2.45, 2.75) is 148 Å². The van der Waals surface area contributed by atoms with E-state index < -0.39 is 32.7 Å². The van der Waals surface area contributed by atoms with Crippen LogP contribution < -0.4 is 10.2 Å². The van der Waals surface area contributed by atoms with Crippen LogP contribution in [0, 0.1) is 0 Å². The molecule has 0 fully saturated rings. The summed E-state index contributed by atoms with van der Waals surface area (Å²) in [6, 6.07) is -0.955. The highest BCUT2D eigenvalue weighted by Crippen LogP contribution is 2.38. The van der Waals surface area contributed by atoms with Crippen molar-refractivity contribution in [3.05, 3.63) is 72.9 Å². The Morgan fingerprint density at radius 2 is 1.33 bits per heavy atom. The van der Waals surface area contributed by atoms with Gasteiger partial charge >= 0.3 is 0 Å². The molecular formula is C42H75N2O7P. The number of quaternary nitrogens is 1. The zero-order valence-electron chi connectivity index (χ0n) is 33.3. The second kappa shape index (κ2) is 33.5. The molecule has 0 aliphatic heterocycles. The van der Waals surface area contributed by atoms with E-state index in [9.17, 15) is 24.5 Å². The minimum Gasteiger partial charge on any atom is -0.756 e. The van der Waals surface area contributed by atoms with Gasteiger partial charge in [0.05, 0.1) is 46.0 Å². The van der Waals surface area contributed by atoms with Gasteiger partial charge in [-0.1, -0.05) is 132 Å². The lowest BCUT2D eigenvalue weighted by Gasteiger charge is -2.29. The molecule has 10 heteroatoms. The molecule has 1 amide bonds. The maximum atomic E-state index is 12.8. The number of aliphatic hydroxyl groups is 2. The summed E-state index contributed by atoms with van der Waals surface area (Å²) in [5.41, 5.74) is 0. The molecule has 1 unspecified atom stereocenters. The molecule has 0 heterocycles. The lowest BCUT2D eigenvalue weighted by atomic mass is 10.1. The zero-order valence-corrected chi connectivity index (χ0v) is 34.2. The summed E-state index contributed by atoms with van der Waals surface area (Å²) < 4.78 is 23.0. The van der Waals surface area contributed by atoms with Crippen molar-refractivity contribution in [2.24, 2.45) is 0 Å². The van der Waals surface area contributed by atoms with Gasteiger partial charge in [-0.25, -0.2) is 0 Å². The zero-order chi connectivity index (χ0) is 38.8. The Morgan fingerprint density at radius 1 is 0.731 bits per heavy atom. The largest absolute Gasteiger partial charge is 0.756 e. The van der Waals surface area contributed by atoms with E-state index in [0.717, 1.165) is 32.1 Å². The van der Waals surface area contributed by atoms with E-state index in [4.69, 9.17) is 9.05 Å². The van der Waals surface area contributed by atoms with Gasteiger partial charge in [0, 0.05) is 6.42 Å². The second-order valence-corrected chi connectivity index (χ2v) is 15.9. The number of nitrogens with one attached hydrogen (secondary N) is 1. The fraction of sp³-hybridized carbons (Fsp3) is 0.690. The smallest absolute Gasteiger partial charge is 0.268 e. The Morgan fingerprint density at radius 3 is 2.08 bits per heavy atom. The molecule has 4 atom stereocenters. The Labute approximate surface area is 317 Å². The summed E-state index contributed by atoms with van der Waals surface area (Å²) in [6.07, 6.45) is 39.8. The van der Waals surface area contributed by atoms with Crippen LogP contribution in [0.25, 0.3) is 0 Å². The number of aliphatic hydroxyl groups excluding tert-OH is 2. The predicted octanol–water partition coefficient (Wildman–Crippen LogP) is 8.80. The van der Waals surface area contributed by atoms with Crippen molar-refractivity contribution in [2.75, 3.05) is 40.9 Å². The first-order valence-electron chi connectivity index (χ1n) is 19.9. The molecule has 0 aromatic carbocycles. The van der Waals surface area contributed by atoms with Gasteiger partial charge in [-0.3, -0.25) is 9.36 Å². The first-order valence-corrected chi connectivity index (χ1v) is 21.4. The number of hydrogen-bond acceptors (Lipinski definition) is 7. The van der Waals surface area contributed by atoms with Gasteiger partial charge in [-0.15, -0.1) is 0 Å². The van der Waals surface area contributed by atoms with Crippen molar-refractivity contribution in [3.63, 3.8) is 0 Å². The van der Waals surface area contributed by atoms with Gasteiger partial charge in [0.15, 0.2) is 0 Å². The molecule has 52 heavy (non-hydrogen) atoms. The topological polar surface area (TPSA) is 128 Å². The van der Waals surface area contributed by atoms with Crippen LogP contribution in [0.2, 0.25) is 0 Å². The van der Waals surface area contributed by atoms with E-state index in [1.54, 1.807) is 12.2 Å². The summed E-state index contributed by atoms with van der Waals surface area (Å²) in [6.45, 7) is 4.42. The number of carbonyl (C=O) groups excluding carboxylic acids is 1. The van der Waals surface area contributed by atoms with Gasteiger partial charge in [-0.05, 0) is 64.2 Å². The van der Waals surface area contributed by atoms with Gasteiger partial charge in [0.2, 0.25) is 5.91 Å². The van der Waals surface area contributed by atoms with E-state index in [0.29, 0.717) is 30.3 Å². The SMILES string of the molecule is CCCCC/C=C\C=C/[C@H](O)C/C=C\C/C=C/CCCC(=O)N[C@@H](COP(=O)([O-])OCC[N+](C)(C)C)[C@H](O)/C=C/CC/C=C\CCCCCCCC. The number of phosphoric ester groups is 1. The van der Waals surface area contributed by atoms with E-state index in [-0.39, 0.29) is 18.9 Å². The number of nitrogens with zero attached hydrogens (tertiary/aromatic N) is 1. The summed E-state index contributed by atoms with van der Waals surface area (Å²) in [5.74, 6) is -0.295. The van der Waals surface area contributed by atoms with Gasteiger partial charge in [0.25, 0.3) is 7.82 Å². The lowest BCUT2D eigenvalue weighted by Crippen LogP contribution is -2.45. The van der Waals surface area contributed by atoms with Crippen LogP contribution >= 0.6 is 7.82 Å². The Hall–Kier alpha value is -2.10. The molecule has 0 saturated heterocycles. The van der Waals surface area contributed by atoms with Gasteiger partial charge < -0.3 is 34.0 Å². The van der Waals surface area contributed by atoms with Gasteiger partial charge in [-0.2, -0.15) is 0 Å². The highest BCUT2D eigenvalue weighted by molar-refractivity contribution is 7.45. The third-order valence-electron chi connectivity index (χ3n) is 8.22. The Bertz CT molecular complexity index is 1090. The first kappa shape index (κ1) is 49.9. The third kappa shape index (κ3) is 35.0. The van der Waals surface area contributed by atoms with Crippen LogP contribution in [-0.4, -0.2) is 79.8 Å². The number of likely N-dealkylation sites (N-methyl/N-ethyl adjacent to an activating group) is 1. The van der Waals surface area contributed by atoms with Crippen molar-refractivity contribution >= 4 is 13.7 Å². The van der Waals surface area contributed by atoms with E-state index >= 15 is 0 Å². The number of allylic oxidation sites excluding steroid dienone is 9. The van der Waals surface area contributed by atoms with Crippen molar-refractivity contribution in [1.29, 1.82) is 0 Å². The van der Waals surface area contributed by atoms with Crippen molar-refractivity contribution < 1.29 is 38.0 Å². The highest BCUT2D eigenvalue weighted by atomic mass is 31.2. The minimum absolute atomic E-state index is 0.0319. The van der Waals surface area contributed by atoms with Crippen LogP contribution in [0.15, 0.2) is 72.9 Å². The molecule has 0 saturated carbocycles. The summed E-state index contributed by atoms with van der Waals surface area (Å²) in [5, 5.41) is 23.7. The number of rotatable bonds is 34. The maximum Gasteiger partial charge on any atom is 0.268 e. The molecule has 300 valence electrons.